The maximum atomic E-state index is 12.6. The Balaban J connectivity index is 1.60. The fourth-order valence-corrected chi connectivity index (χ4v) is 5.08. The zero-order chi connectivity index (χ0) is 18.6. The van der Waals surface area contributed by atoms with Gasteiger partial charge in [-0.2, -0.15) is 0 Å². The van der Waals surface area contributed by atoms with E-state index in [4.69, 9.17) is 5.73 Å². The highest BCUT2D eigenvalue weighted by molar-refractivity contribution is 7.88. The Kier molecular flexibility index (Phi) is 5.74. The molecule has 5 nitrogen and oxygen atoms in total. The lowest BCUT2D eigenvalue weighted by Gasteiger charge is -2.31. The number of piperidine rings is 1. The van der Waals surface area contributed by atoms with Crippen LogP contribution in [0.5, 0.6) is 0 Å². The number of carbonyl (C=O) groups is 1. The number of hydrogen-bond acceptors (Lipinski definition) is 3. The first-order chi connectivity index (χ1) is 12.5. The second kappa shape index (κ2) is 8.01. The molecule has 1 aliphatic heterocycles. The predicted molar refractivity (Wildman–Crippen MR) is 102 cm³/mol. The summed E-state index contributed by atoms with van der Waals surface area (Å²) in [5, 5.41) is 0. The van der Waals surface area contributed by atoms with Crippen LogP contribution in [0.1, 0.15) is 34.3 Å². The van der Waals surface area contributed by atoms with Crippen LogP contribution in [-0.4, -0.2) is 31.7 Å². The summed E-state index contributed by atoms with van der Waals surface area (Å²) < 4.78 is 26.9. The molecule has 2 aromatic carbocycles. The van der Waals surface area contributed by atoms with Crippen molar-refractivity contribution in [1.82, 2.24) is 4.31 Å². The molecule has 1 heterocycles. The van der Waals surface area contributed by atoms with E-state index in [-0.39, 0.29) is 5.75 Å². The van der Waals surface area contributed by atoms with Gasteiger partial charge in [0.05, 0.1) is 5.75 Å². The van der Waals surface area contributed by atoms with Gasteiger partial charge in [-0.15, -0.1) is 0 Å². The molecule has 2 N–H and O–H groups in total. The second-order valence-electron chi connectivity index (χ2n) is 6.81. The van der Waals surface area contributed by atoms with Gasteiger partial charge in [0.2, 0.25) is 15.9 Å². The van der Waals surface area contributed by atoms with Crippen molar-refractivity contribution in [3.63, 3.8) is 0 Å². The molecule has 0 unspecified atom stereocenters. The number of nitrogens with two attached hydrogens (primary N) is 1. The monoisotopic (exact) mass is 372 g/mol. The summed E-state index contributed by atoms with van der Waals surface area (Å²) in [6.45, 7) is 1.05. The molecule has 26 heavy (non-hydrogen) atoms. The number of sulfonamides is 1. The summed E-state index contributed by atoms with van der Waals surface area (Å²) in [6, 6.07) is 16.7. The Morgan fingerprint density at radius 2 is 1.62 bits per heavy atom. The largest absolute Gasteiger partial charge is 0.366 e. The minimum absolute atomic E-state index is 0.0447. The Labute approximate surface area is 154 Å². The molecule has 1 fully saturated rings. The van der Waals surface area contributed by atoms with Gasteiger partial charge in [-0.1, -0.05) is 48.5 Å². The van der Waals surface area contributed by atoms with Crippen molar-refractivity contribution in [3.8, 4) is 0 Å². The first-order valence-electron chi connectivity index (χ1n) is 8.85. The van der Waals surface area contributed by atoms with Crippen molar-refractivity contribution in [2.45, 2.75) is 25.0 Å². The molecule has 1 saturated heterocycles. The molecular weight excluding hydrogens is 348 g/mol. The quantitative estimate of drug-likeness (QED) is 0.846. The smallest absolute Gasteiger partial charge is 0.248 e. The van der Waals surface area contributed by atoms with Gasteiger partial charge >= 0.3 is 0 Å². The van der Waals surface area contributed by atoms with Gasteiger partial charge in [-0.25, -0.2) is 12.7 Å². The van der Waals surface area contributed by atoms with Crippen LogP contribution >= 0.6 is 0 Å². The van der Waals surface area contributed by atoms with Gasteiger partial charge in [0.1, 0.15) is 0 Å². The van der Waals surface area contributed by atoms with Gasteiger partial charge in [0, 0.05) is 18.7 Å². The van der Waals surface area contributed by atoms with Crippen LogP contribution in [0.3, 0.4) is 0 Å². The van der Waals surface area contributed by atoms with E-state index in [9.17, 15) is 13.2 Å². The number of hydrogen-bond donors (Lipinski definition) is 1. The number of amides is 1. The van der Waals surface area contributed by atoms with Crippen LogP contribution in [0, 0.1) is 5.92 Å². The van der Waals surface area contributed by atoms with Crippen LogP contribution in [-0.2, 0) is 22.2 Å². The highest BCUT2D eigenvalue weighted by atomic mass is 32.2. The maximum absolute atomic E-state index is 12.6. The highest BCUT2D eigenvalue weighted by Gasteiger charge is 2.28. The Bertz CT molecular complexity index is 858. The van der Waals surface area contributed by atoms with E-state index in [2.05, 4.69) is 0 Å². The minimum Gasteiger partial charge on any atom is -0.366 e. The summed E-state index contributed by atoms with van der Waals surface area (Å²) in [7, 11) is -3.30. The van der Waals surface area contributed by atoms with Gasteiger partial charge < -0.3 is 5.73 Å². The molecule has 1 aliphatic rings. The molecular formula is C20H24N2O3S. The Hall–Kier alpha value is -2.18. The fourth-order valence-electron chi connectivity index (χ4n) is 3.52. The zero-order valence-electron chi connectivity index (χ0n) is 14.7. The summed E-state index contributed by atoms with van der Waals surface area (Å²) in [5.74, 6) is -0.00891. The zero-order valence-corrected chi connectivity index (χ0v) is 15.5. The minimum atomic E-state index is -3.30. The molecule has 0 bridgehead atoms. The molecule has 0 aliphatic carbocycles. The second-order valence-corrected chi connectivity index (χ2v) is 8.78. The lowest BCUT2D eigenvalue weighted by molar-refractivity contribution is 0.0999. The molecule has 138 valence electrons. The van der Waals surface area contributed by atoms with Crippen molar-refractivity contribution in [1.29, 1.82) is 0 Å². The van der Waals surface area contributed by atoms with Crippen LogP contribution in [0.2, 0.25) is 0 Å². The van der Waals surface area contributed by atoms with E-state index >= 15 is 0 Å². The van der Waals surface area contributed by atoms with Crippen molar-refractivity contribution in [2.24, 2.45) is 11.7 Å². The van der Waals surface area contributed by atoms with E-state index in [0.29, 0.717) is 24.6 Å². The van der Waals surface area contributed by atoms with E-state index in [1.165, 1.54) is 0 Å². The third kappa shape index (κ3) is 4.51. The van der Waals surface area contributed by atoms with E-state index < -0.39 is 15.9 Å². The van der Waals surface area contributed by atoms with E-state index in [1.54, 1.807) is 10.4 Å². The molecule has 0 saturated carbocycles. The number of carbonyl (C=O) groups excluding carboxylic acids is 1. The first kappa shape index (κ1) is 18.6. The number of benzene rings is 2. The third-order valence-corrected chi connectivity index (χ3v) is 6.80. The molecule has 0 atom stereocenters. The summed E-state index contributed by atoms with van der Waals surface area (Å²) in [4.78, 5) is 11.6. The van der Waals surface area contributed by atoms with E-state index in [0.717, 1.165) is 30.4 Å². The van der Waals surface area contributed by atoms with E-state index in [1.807, 2.05) is 48.5 Å². The molecule has 3 rings (SSSR count). The van der Waals surface area contributed by atoms with Crippen molar-refractivity contribution in [2.75, 3.05) is 13.1 Å². The van der Waals surface area contributed by atoms with Crippen molar-refractivity contribution in [3.05, 3.63) is 71.3 Å². The first-order valence-corrected chi connectivity index (χ1v) is 10.5. The standard InChI is InChI=1S/C20H24N2O3S/c21-20(23)19-9-5-4-8-18(19)14-16-10-12-22(13-11-16)26(24,25)15-17-6-2-1-3-7-17/h1-9,16H,10-15H2,(H2,21,23). The molecule has 0 radical (unpaired) electrons. The van der Waals surface area contributed by atoms with Crippen molar-refractivity contribution < 1.29 is 13.2 Å². The van der Waals surface area contributed by atoms with Crippen LogP contribution in [0.15, 0.2) is 54.6 Å². The number of nitrogens with zero attached hydrogens (tertiary/aromatic N) is 1. The number of primary amides is 1. The third-order valence-electron chi connectivity index (χ3n) is 4.95. The Morgan fingerprint density at radius 3 is 2.27 bits per heavy atom. The van der Waals surface area contributed by atoms with Gasteiger partial charge in [-0.05, 0) is 42.4 Å². The SMILES string of the molecule is NC(=O)c1ccccc1CC1CCN(S(=O)(=O)Cc2ccccc2)CC1. The van der Waals surface area contributed by atoms with Crippen LogP contribution < -0.4 is 5.73 Å². The Morgan fingerprint density at radius 1 is 1.00 bits per heavy atom. The maximum Gasteiger partial charge on any atom is 0.248 e. The number of rotatable bonds is 6. The van der Waals surface area contributed by atoms with Crippen LogP contribution in [0.4, 0.5) is 0 Å². The lowest BCUT2D eigenvalue weighted by atomic mass is 9.89. The molecule has 1 amide bonds. The molecule has 0 spiro atoms. The van der Waals surface area contributed by atoms with Crippen molar-refractivity contribution >= 4 is 15.9 Å². The normalized spacial score (nSPS) is 16.5. The average molecular weight is 372 g/mol. The topological polar surface area (TPSA) is 80.5 Å². The molecule has 6 heteroatoms. The average Bonchev–Trinajstić information content (AvgIpc) is 2.63. The fraction of sp³-hybridized carbons (Fsp3) is 0.350. The molecule has 2 aromatic rings. The predicted octanol–water partition coefficient (Wildman–Crippen LogP) is 2.57. The highest BCUT2D eigenvalue weighted by Crippen LogP contribution is 2.25. The molecule has 0 aromatic heterocycles. The lowest BCUT2D eigenvalue weighted by Crippen LogP contribution is -2.39. The summed E-state index contributed by atoms with van der Waals surface area (Å²) >= 11 is 0. The summed E-state index contributed by atoms with van der Waals surface area (Å²) in [6.07, 6.45) is 2.34. The van der Waals surface area contributed by atoms with Crippen LogP contribution in [0.25, 0.3) is 0 Å². The van der Waals surface area contributed by atoms with Gasteiger partial charge in [-0.3, -0.25) is 4.79 Å². The summed E-state index contributed by atoms with van der Waals surface area (Å²) in [5.41, 5.74) is 7.77. The van der Waals surface area contributed by atoms with Gasteiger partial charge in [0.15, 0.2) is 0 Å². The van der Waals surface area contributed by atoms with Gasteiger partial charge in [0.25, 0.3) is 0 Å².